The molecule has 1 amide bonds. The number of hydrogen-bond donors (Lipinski definition) is 1. The number of carbonyl (C=O) groups is 2. The Morgan fingerprint density at radius 1 is 1.14 bits per heavy atom. The van der Waals surface area contributed by atoms with E-state index in [0.717, 1.165) is 12.8 Å². The maximum Gasteiger partial charge on any atom is 0.338 e. The van der Waals surface area contributed by atoms with Crippen LogP contribution < -0.4 is 4.90 Å². The predicted molar refractivity (Wildman–Crippen MR) is 74.9 cm³/mol. The van der Waals surface area contributed by atoms with Gasteiger partial charge in [0.15, 0.2) is 0 Å². The minimum absolute atomic E-state index is 0.226. The Morgan fingerprint density at radius 2 is 1.81 bits per heavy atom. The lowest BCUT2D eigenvalue weighted by molar-refractivity contribution is -0.132. The van der Waals surface area contributed by atoms with Gasteiger partial charge in [-0.2, -0.15) is 0 Å². The smallest absolute Gasteiger partial charge is 0.338 e. The van der Waals surface area contributed by atoms with Gasteiger partial charge in [-0.15, -0.1) is 0 Å². The van der Waals surface area contributed by atoms with Gasteiger partial charge in [0.05, 0.1) is 5.56 Å². The molecular formula is C15H17FN2O3. The van der Waals surface area contributed by atoms with Crippen molar-refractivity contribution in [1.29, 1.82) is 0 Å². The van der Waals surface area contributed by atoms with Gasteiger partial charge in [-0.1, -0.05) is 0 Å². The summed E-state index contributed by atoms with van der Waals surface area (Å²) < 4.78 is 13.7. The molecule has 0 radical (unpaired) electrons. The molecule has 1 aromatic carbocycles. The average molecular weight is 292 g/mol. The molecule has 1 N–H and O–H groups in total. The van der Waals surface area contributed by atoms with Crippen molar-refractivity contribution in [2.45, 2.75) is 12.8 Å². The van der Waals surface area contributed by atoms with Crippen molar-refractivity contribution in [3.63, 3.8) is 0 Å². The first-order valence-corrected chi connectivity index (χ1v) is 7.13. The van der Waals surface area contributed by atoms with E-state index in [2.05, 4.69) is 0 Å². The fraction of sp³-hybridized carbons (Fsp3) is 0.467. The van der Waals surface area contributed by atoms with Crippen LogP contribution >= 0.6 is 0 Å². The van der Waals surface area contributed by atoms with Crippen molar-refractivity contribution >= 4 is 17.6 Å². The lowest BCUT2D eigenvalue weighted by Gasteiger charge is -2.36. The molecule has 21 heavy (non-hydrogen) atoms. The summed E-state index contributed by atoms with van der Waals surface area (Å²) in [5, 5.41) is 8.82. The maximum absolute atomic E-state index is 13.7. The molecular weight excluding hydrogens is 275 g/mol. The molecule has 2 fully saturated rings. The molecule has 1 saturated heterocycles. The molecule has 5 nitrogen and oxygen atoms in total. The molecule has 0 unspecified atom stereocenters. The molecule has 0 aromatic heterocycles. The Kier molecular flexibility index (Phi) is 3.53. The molecule has 0 atom stereocenters. The van der Waals surface area contributed by atoms with E-state index in [1.165, 1.54) is 12.1 Å². The van der Waals surface area contributed by atoms with E-state index in [4.69, 9.17) is 5.11 Å². The maximum atomic E-state index is 13.7. The first kappa shape index (κ1) is 13.9. The van der Waals surface area contributed by atoms with Crippen LogP contribution in [0.2, 0.25) is 0 Å². The highest BCUT2D eigenvalue weighted by atomic mass is 19.1. The van der Waals surface area contributed by atoms with Crippen LogP contribution in [0.1, 0.15) is 23.2 Å². The van der Waals surface area contributed by atoms with Crippen LogP contribution in [0.5, 0.6) is 0 Å². The summed E-state index contributed by atoms with van der Waals surface area (Å²) in [6, 6.07) is 4.15. The largest absolute Gasteiger partial charge is 0.478 e. The molecule has 1 heterocycles. The summed E-state index contributed by atoms with van der Waals surface area (Å²) in [5.74, 6) is -1.53. The number of carbonyl (C=O) groups excluding carboxylic acids is 1. The number of halogens is 1. The van der Waals surface area contributed by atoms with E-state index in [0.29, 0.717) is 31.9 Å². The zero-order valence-electron chi connectivity index (χ0n) is 11.6. The second kappa shape index (κ2) is 5.35. The summed E-state index contributed by atoms with van der Waals surface area (Å²) in [6.45, 7) is 2.56. The fourth-order valence-corrected chi connectivity index (χ4v) is 2.65. The Hall–Kier alpha value is -2.11. The number of aromatic carboxylic acids is 1. The predicted octanol–water partition coefficient (Wildman–Crippen LogP) is 1.58. The van der Waals surface area contributed by atoms with Crippen molar-refractivity contribution < 1.29 is 19.1 Å². The standard InChI is InChI=1S/C15H17FN2O3/c16-13-9-11(3-4-12(13)15(20)21)17-5-7-18(8-6-17)14(19)10-1-2-10/h3-4,9-10H,1-2,5-8H2,(H,20,21). The summed E-state index contributed by atoms with van der Waals surface area (Å²) in [5.41, 5.74) is 0.345. The first-order chi connectivity index (χ1) is 10.1. The number of carboxylic acid groups (broad SMARTS) is 1. The summed E-state index contributed by atoms with van der Waals surface area (Å²) >= 11 is 0. The van der Waals surface area contributed by atoms with E-state index in [9.17, 15) is 14.0 Å². The topological polar surface area (TPSA) is 60.9 Å². The highest BCUT2D eigenvalue weighted by Gasteiger charge is 2.34. The van der Waals surface area contributed by atoms with Gasteiger partial charge in [-0.3, -0.25) is 4.79 Å². The van der Waals surface area contributed by atoms with Crippen molar-refractivity contribution in [2.75, 3.05) is 31.1 Å². The summed E-state index contributed by atoms with van der Waals surface area (Å²) in [4.78, 5) is 26.6. The third kappa shape index (κ3) is 2.84. The van der Waals surface area contributed by atoms with E-state index >= 15 is 0 Å². The van der Waals surface area contributed by atoms with Crippen LogP contribution in [-0.4, -0.2) is 48.1 Å². The first-order valence-electron chi connectivity index (χ1n) is 7.13. The number of carboxylic acids is 1. The van der Waals surface area contributed by atoms with E-state index in [-0.39, 0.29) is 17.4 Å². The number of piperazine rings is 1. The van der Waals surface area contributed by atoms with Crippen LogP contribution in [0, 0.1) is 11.7 Å². The Bertz CT molecular complexity index is 578. The third-order valence-corrected chi connectivity index (χ3v) is 4.07. The highest BCUT2D eigenvalue weighted by molar-refractivity contribution is 5.88. The molecule has 1 aliphatic carbocycles. The molecule has 0 spiro atoms. The van der Waals surface area contributed by atoms with E-state index in [1.807, 2.05) is 9.80 Å². The number of benzene rings is 1. The van der Waals surface area contributed by atoms with Gasteiger partial charge >= 0.3 is 5.97 Å². The van der Waals surface area contributed by atoms with Crippen LogP contribution in [0.25, 0.3) is 0 Å². The number of nitrogens with zero attached hydrogens (tertiary/aromatic N) is 2. The second-order valence-corrected chi connectivity index (χ2v) is 5.56. The van der Waals surface area contributed by atoms with Crippen molar-refractivity contribution in [1.82, 2.24) is 4.90 Å². The molecule has 1 aromatic rings. The quantitative estimate of drug-likeness (QED) is 0.919. The lowest BCUT2D eigenvalue weighted by atomic mass is 10.1. The second-order valence-electron chi connectivity index (χ2n) is 5.56. The molecule has 1 saturated carbocycles. The van der Waals surface area contributed by atoms with Gasteiger partial charge in [0, 0.05) is 37.8 Å². The number of amides is 1. The molecule has 1 aliphatic heterocycles. The number of hydrogen-bond acceptors (Lipinski definition) is 3. The Morgan fingerprint density at radius 3 is 2.33 bits per heavy atom. The number of rotatable bonds is 3. The van der Waals surface area contributed by atoms with Gasteiger partial charge in [0.2, 0.25) is 5.91 Å². The zero-order valence-corrected chi connectivity index (χ0v) is 11.6. The summed E-state index contributed by atoms with van der Waals surface area (Å²) in [7, 11) is 0. The molecule has 112 valence electrons. The van der Waals surface area contributed by atoms with Crippen LogP contribution in [-0.2, 0) is 4.79 Å². The minimum Gasteiger partial charge on any atom is -0.478 e. The Balaban J connectivity index is 1.65. The molecule has 2 aliphatic rings. The van der Waals surface area contributed by atoms with Gasteiger partial charge in [0.25, 0.3) is 0 Å². The van der Waals surface area contributed by atoms with Gasteiger partial charge in [-0.05, 0) is 31.0 Å². The SMILES string of the molecule is O=C(O)c1ccc(N2CCN(C(=O)C3CC3)CC2)cc1F. The highest BCUT2D eigenvalue weighted by Crippen LogP contribution is 2.31. The average Bonchev–Trinajstić information content (AvgIpc) is 3.31. The third-order valence-electron chi connectivity index (χ3n) is 4.07. The molecule has 0 bridgehead atoms. The monoisotopic (exact) mass is 292 g/mol. The fourth-order valence-electron chi connectivity index (χ4n) is 2.65. The molecule has 3 rings (SSSR count). The van der Waals surface area contributed by atoms with Crippen molar-refractivity contribution in [2.24, 2.45) is 5.92 Å². The van der Waals surface area contributed by atoms with E-state index < -0.39 is 11.8 Å². The van der Waals surface area contributed by atoms with Gasteiger partial charge in [0.1, 0.15) is 5.82 Å². The van der Waals surface area contributed by atoms with Crippen molar-refractivity contribution in [3.05, 3.63) is 29.6 Å². The Labute approximate surface area is 122 Å². The van der Waals surface area contributed by atoms with Crippen molar-refractivity contribution in [3.8, 4) is 0 Å². The zero-order chi connectivity index (χ0) is 15.0. The number of anilines is 1. The van der Waals surface area contributed by atoms with Crippen LogP contribution in [0.3, 0.4) is 0 Å². The normalized spacial score (nSPS) is 18.7. The summed E-state index contributed by atoms with van der Waals surface area (Å²) in [6.07, 6.45) is 2.00. The van der Waals surface area contributed by atoms with Crippen LogP contribution in [0.15, 0.2) is 18.2 Å². The minimum atomic E-state index is -1.26. The lowest BCUT2D eigenvalue weighted by Crippen LogP contribution is -2.49. The molecule has 6 heteroatoms. The van der Waals surface area contributed by atoms with Gasteiger partial charge < -0.3 is 14.9 Å². The van der Waals surface area contributed by atoms with Crippen LogP contribution in [0.4, 0.5) is 10.1 Å². The van der Waals surface area contributed by atoms with E-state index in [1.54, 1.807) is 6.07 Å². The van der Waals surface area contributed by atoms with Gasteiger partial charge in [-0.25, -0.2) is 9.18 Å².